The van der Waals surface area contributed by atoms with Gasteiger partial charge in [0.05, 0.1) is 5.49 Å². The van der Waals surface area contributed by atoms with Crippen LogP contribution in [0.15, 0.2) is 70.7 Å². The summed E-state index contributed by atoms with van der Waals surface area (Å²) < 4.78 is 5.74. The number of nitrogens with one attached hydrogen (secondary N) is 2. The average Bonchev–Trinajstić information content (AvgIpc) is 3.29. The molecule has 9 heteroatoms. The van der Waals surface area contributed by atoms with E-state index in [0.29, 0.717) is 27.6 Å². The first-order valence-electron chi connectivity index (χ1n) is 9.14. The molecule has 0 radical (unpaired) electrons. The van der Waals surface area contributed by atoms with Gasteiger partial charge in [0.25, 0.3) is 11.8 Å². The largest absolute Gasteiger partial charge is 0.457 e. The van der Waals surface area contributed by atoms with Crippen molar-refractivity contribution in [1.29, 1.82) is 0 Å². The summed E-state index contributed by atoms with van der Waals surface area (Å²) in [5.74, 6) is -0.663. The highest BCUT2D eigenvalue weighted by Crippen LogP contribution is 2.26. The zero-order valence-electron chi connectivity index (χ0n) is 16.9. The van der Waals surface area contributed by atoms with Crippen LogP contribution >= 0.6 is 23.8 Å². The number of hydrogen-bond acceptors (Lipinski definition) is 6. The van der Waals surface area contributed by atoms with Gasteiger partial charge in [0, 0.05) is 28.9 Å². The Bertz CT molecular complexity index is 1140. The van der Waals surface area contributed by atoms with Crippen LogP contribution in [0.4, 0.5) is 5.69 Å². The summed E-state index contributed by atoms with van der Waals surface area (Å²) >= 11 is 10.5. The third-order valence-corrected chi connectivity index (χ3v) is 4.42. The molecule has 2 amide bonds. The molecule has 3 N–H and O–H groups in total. The van der Waals surface area contributed by atoms with Crippen LogP contribution in [0, 0.1) is 0 Å². The van der Waals surface area contributed by atoms with E-state index in [2.05, 4.69) is 22.9 Å². The van der Waals surface area contributed by atoms with E-state index in [9.17, 15) is 14.4 Å². The van der Waals surface area contributed by atoms with E-state index in [1.807, 2.05) is 0 Å². The van der Waals surface area contributed by atoms with Crippen molar-refractivity contribution in [1.82, 2.24) is 5.32 Å². The first-order chi connectivity index (χ1) is 15.5. The number of hydrogen-bond donors (Lipinski definition) is 3. The summed E-state index contributed by atoms with van der Waals surface area (Å²) in [6.07, 6.45) is 2.03. The molecule has 0 fully saturated rings. The van der Waals surface area contributed by atoms with Gasteiger partial charge < -0.3 is 20.2 Å². The Morgan fingerprint density at radius 2 is 1.69 bits per heavy atom. The van der Waals surface area contributed by atoms with Crippen molar-refractivity contribution in [2.75, 3.05) is 12.4 Å². The van der Waals surface area contributed by atoms with Crippen molar-refractivity contribution in [2.24, 2.45) is 0 Å². The van der Waals surface area contributed by atoms with Gasteiger partial charge in [-0.05, 0) is 42.5 Å². The highest BCUT2D eigenvalue weighted by atomic mass is 35.5. The lowest BCUT2D eigenvalue weighted by Gasteiger charge is -2.08. The molecule has 0 saturated carbocycles. The Morgan fingerprint density at radius 1 is 1.00 bits per heavy atom. The lowest BCUT2D eigenvalue weighted by atomic mass is 10.1. The zero-order chi connectivity index (χ0) is 23.5. The van der Waals surface area contributed by atoms with E-state index in [-0.39, 0.29) is 11.3 Å². The molecule has 0 atom stereocenters. The van der Waals surface area contributed by atoms with Crippen molar-refractivity contribution in [3.63, 3.8) is 0 Å². The zero-order valence-corrected chi connectivity index (χ0v) is 18.4. The molecule has 1 aromatic heterocycles. The van der Waals surface area contributed by atoms with Crippen molar-refractivity contribution in [3.8, 4) is 11.3 Å². The van der Waals surface area contributed by atoms with E-state index in [1.54, 1.807) is 60.7 Å². The molecule has 32 heavy (non-hydrogen) atoms. The summed E-state index contributed by atoms with van der Waals surface area (Å²) in [6, 6.07) is 16.6. The van der Waals surface area contributed by atoms with Crippen molar-refractivity contribution >= 4 is 59.2 Å². The highest BCUT2D eigenvalue weighted by Gasteiger charge is 2.19. The number of carbonyl (C=O) groups is 3. The fraction of sp³-hybridized carbons (Fsp3) is 0.0435. The number of benzene rings is 2. The number of aliphatic hydroxyl groups is 1. The minimum absolute atomic E-state index is 0.212. The van der Waals surface area contributed by atoms with Gasteiger partial charge in [-0.25, -0.2) is 0 Å². The minimum Gasteiger partial charge on any atom is -0.457 e. The molecule has 0 aliphatic carbocycles. The van der Waals surface area contributed by atoms with E-state index in [4.69, 9.17) is 21.1 Å². The highest BCUT2D eigenvalue weighted by molar-refractivity contribution is 7.78. The van der Waals surface area contributed by atoms with Crippen LogP contribution in [0.25, 0.3) is 17.4 Å². The van der Waals surface area contributed by atoms with Gasteiger partial charge in [0.1, 0.15) is 17.1 Å². The summed E-state index contributed by atoms with van der Waals surface area (Å²) in [4.78, 5) is 36.3. The molecule has 0 aliphatic heterocycles. The van der Waals surface area contributed by atoms with Crippen LogP contribution in [-0.2, 0) is 9.59 Å². The second-order valence-electron chi connectivity index (χ2n) is 6.02. The maximum atomic E-state index is 12.7. The standard InChI is InChI=1S/C22H15ClN2O4S.CH4O/c23-15-5-7-16(8-6-15)25-22(28)19(21(27)24-13-30)11-17-9-10-20(29-17)18-4-2-1-3-14(18)12-26;1-2/h1-13H,(H,25,28)(H,24,27,30);2H,1H3/b19-11-;. The average molecular weight is 471 g/mol. The number of thiocarbonyl (C=S) groups is 1. The van der Waals surface area contributed by atoms with E-state index < -0.39 is 11.8 Å². The van der Waals surface area contributed by atoms with E-state index >= 15 is 0 Å². The molecule has 0 aliphatic rings. The molecule has 2 aromatic carbocycles. The van der Waals surface area contributed by atoms with Crippen LogP contribution in [-0.4, -0.2) is 35.8 Å². The molecule has 7 nitrogen and oxygen atoms in total. The molecule has 3 aromatic rings. The summed E-state index contributed by atoms with van der Waals surface area (Å²) in [7, 11) is 1.00. The maximum Gasteiger partial charge on any atom is 0.261 e. The normalized spacial score (nSPS) is 10.4. The molecule has 0 unspecified atom stereocenters. The van der Waals surface area contributed by atoms with Gasteiger partial charge in [0.15, 0.2) is 6.29 Å². The number of rotatable bonds is 7. The summed E-state index contributed by atoms with van der Waals surface area (Å²) in [6.45, 7) is 0. The van der Waals surface area contributed by atoms with Gasteiger partial charge in [-0.1, -0.05) is 48.1 Å². The monoisotopic (exact) mass is 470 g/mol. The molecule has 3 rings (SSSR count). The van der Waals surface area contributed by atoms with Gasteiger partial charge in [-0.15, -0.1) is 0 Å². The predicted octanol–water partition coefficient (Wildman–Crippen LogP) is 4.12. The van der Waals surface area contributed by atoms with Crippen LogP contribution in [0.1, 0.15) is 16.1 Å². The van der Waals surface area contributed by atoms with Gasteiger partial charge >= 0.3 is 0 Å². The lowest BCUT2D eigenvalue weighted by molar-refractivity contribution is -0.120. The van der Waals surface area contributed by atoms with Crippen LogP contribution in [0.5, 0.6) is 0 Å². The van der Waals surface area contributed by atoms with Crippen LogP contribution in [0.3, 0.4) is 0 Å². The topological polar surface area (TPSA) is 109 Å². The van der Waals surface area contributed by atoms with E-state index in [1.165, 1.54) is 6.08 Å². The smallest absolute Gasteiger partial charge is 0.261 e. The third-order valence-electron chi connectivity index (χ3n) is 4.05. The molecule has 164 valence electrons. The van der Waals surface area contributed by atoms with Gasteiger partial charge in [-0.2, -0.15) is 0 Å². The fourth-order valence-electron chi connectivity index (χ4n) is 2.64. The van der Waals surface area contributed by atoms with Gasteiger partial charge in [-0.3, -0.25) is 14.4 Å². The fourth-order valence-corrected chi connectivity index (χ4v) is 2.87. The quantitative estimate of drug-likeness (QED) is 0.158. The predicted molar refractivity (Wildman–Crippen MR) is 128 cm³/mol. The van der Waals surface area contributed by atoms with Crippen molar-refractivity contribution in [2.45, 2.75) is 0 Å². The molecule has 0 saturated heterocycles. The Morgan fingerprint density at radius 3 is 2.34 bits per heavy atom. The number of aliphatic hydroxyl groups excluding tert-OH is 1. The Balaban J connectivity index is 0.00000176. The second-order valence-corrected chi connectivity index (χ2v) is 6.69. The number of aldehydes is 1. The van der Waals surface area contributed by atoms with Crippen molar-refractivity contribution in [3.05, 3.63) is 82.6 Å². The molecular weight excluding hydrogens is 452 g/mol. The minimum atomic E-state index is -0.692. The number of carbonyl (C=O) groups excluding carboxylic acids is 3. The van der Waals surface area contributed by atoms with E-state index in [0.717, 1.165) is 18.9 Å². The number of anilines is 1. The molecule has 1 heterocycles. The molecule has 0 bridgehead atoms. The maximum absolute atomic E-state index is 12.7. The second kappa shape index (κ2) is 12.3. The SMILES string of the molecule is CO.O=Cc1ccccc1-c1ccc(/C=C(/C(=O)NC=S)C(=O)Nc2ccc(Cl)cc2)o1. The number of halogens is 1. The summed E-state index contributed by atoms with van der Waals surface area (Å²) in [5.41, 5.74) is 2.32. The first-order valence-corrected chi connectivity index (χ1v) is 9.99. The van der Waals surface area contributed by atoms with Crippen LogP contribution < -0.4 is 10.6 Å². The Labute approximate surface area is 194 Å². The van der Waals surface area contributed by atoms with Crippen LogP contribution in [0.2, 0.25) is 5.02 Å². The molecular formula is C23H19ClN2O5S. The number of amides is 2. The lowest BCUT2D eigenvalue weighted by Crippen LogP contribution is -2.29. The first kappa shape index (κ1) is 24.7. The van der Waals surface area contributed by atoms with Gasteiger partial charge in [0.2, 0.25) is 0 Å². The molecule has 0 spiro atoms. The number of furan rings is 1. The van der Waals surface area contributed by atoms with Crippen molar-refractivity contribution < 1.29 is 23.9 Å². The Kier molecular flexibility index (Phi) is 9.49. The Hall–Kier alpha value is -3.59. The summed E-state index contributed by atoms with van der Waals surface area (Å²) in [5, 5.41) is 12.4. The third kappa shape index (κ3) is 6.45.